The van der Waals surface area contributed by atoms with Gasteiger partial charge in [0.2, 0.25) is 0 Å². The van der Waals surface area contributed by atoms with Crippen LogP contribution in [0.5, 0.6) is 11.5 Å². The van der Waals surface area contributed by atoms with Crippen LogP contribution in [0.3, 0.4) is 0 Å². The highest BCUT2D eigenvalue weighted by atomic mass is 35.5. The van der Waals surface area contributed by atoms with E-state index in [4.69, 9.17) is 21.1 Å². The van der Waals surface area contributed by atoms with Crippen LogP contribution in [0.15, 0.2) is 66.2 Å². The van der Waals surface area contributed by atoms with Crippen LogP contribution in [0.2, 0.25) is 5.02 Å². The predicted molar refractivity (Wildman–Crippen MR) is 132 cm³/mol. The second kappa shape index (κ2) is 9.23. The number of halogens is 1. The number of aryl methyl sites for hydroxylation is 2. The predicted octanol–water partition coefficient (Wildman–Crippen LogP) is 5.60. The number of hydrogen-bond acceptors (Lipinski definition) is 5. The molecule has 3 aromatic carbocycles. The number of ketones is 1. The molecule has 1 saturated heterocycles. The van der Waals surface area contributed by atoms with Gasteiger partial charge in [0, 0.05) is 16.8 Å². The first-order valence-corrected chi connectivity index (χ1v) is 11.0. The number of rotatable bonds is 5. The van der Waals surface area contributed by atoms with E-state index in [0.29, 0.717) is 28.3 Å². The van der Waals surface area contributed by atoms with Gasteiger partial charge in [0.15, 0.2) is 0 Å². The first-order valence-electron chi connectivity index (χ1n) is 10.6. The number of nitrogens with zero attached hydrogens (tertiary/aromatic N) is 1. The van der Waals surface area contributed by atoms with Gasteiger partial charge in [0.25, 0.3) is 11.7 Å². The average Bonchev–Trinajstić information content (AvgIpc) is 3.10. The van der Waals surface area contributed by atoms with Gasteiger partial charge in [-0.3, -0.25) is 14.5 Å². The summed E-state index contributed by atoms with van der Waals surface area (Å²) < 4.78 is 10.7. The first-order chi connectivity index (χ1) is 16.3. The summed E-state index contributed by atoms with van der Waals surface area (Å²) >= 11 is 6.27. The number of methoxy groups -OCH3 is 2. The standard InChI is InChI=1S/C27H24ClNO5/c1-15-9-10-16(2)20(13-15)29-24(18-7-5-6-8-21(18)33-3)23(26(31)27(29)32)25(30)17-11-12-22(34-4)19(28)14-17/h5-14,24,30H,1-4H3/b25-23+. The number of aliphatic hydroxyl groups is 1. The number of para-hydroxylation sites is 1. The van der Waals surface area contributed by atoms with Crippen molar-refractivity contribution < 1.29 is 24.2 Å². The number of carbonyl (C=O) groups is 2. The summed E-state index contributed by atoms with van der Waals surface area (Å²) in [5, 5.41) is 11.6. The molecule has 1 aliphatic heterocycles. The summed E-state index contributed by atoms with van der Waals surface area (Å²) in [4.78, 5) is 28.2. The highest BCUT2D eigenvalue weighted by Gasteiger charge is 2.48. The van der Waals surface area contributed by atoms with Crippen LogP contribution in [0.1, 0.15) is 28.3 Å². The lowest BCUT2D eigenvalue weighted by Crippen LogP contribution is -2.30. The third kappa shape index (κ3) is 3.90. The van der Waals surface area contributed by atoms with Crippen molar-refractivity contribution in [3.63, 3.8) is 0 Å². The molecular formula is C27H24ClNO5. The Morgan fingerprint density at radius 1 is 0.941 bits per heavy atom. The molecule has 0 saturated carbocycles. The lowest BCUT2D eigenvalue weighted by atomic mass is 9.94. The normalized spacial score (nSPS) is 17.2. The Hall–Kier alpha value is -3.77. The van der Waals surface area contributed by atoms with Crippen molar-refractivity contribution in [1.82, 2.24) is 0 Å². The van der Waals surface area contributed by atoms with Crippen LogP contribution in [-0.4, -0.2) is 31.0 Å². The van der Waals surface area contributed by atoms with Crippen LogP contribution in [0.25, 0.3) is 5.76 Å². The summed E-state index contributed by atoms with van der Waals surface area (Å²) in [5.41, 5.74) is 3.17. The smallest absolute Gasteiger partial charge is 0.300 e. The van der Waals surface area contributed by atoms with Gasteiger partial charge in [0.1, 0.15) is 17.3 Å². The van der Waals surface area contributed by atoms with Gasteiger partial charge in [-0.05, 0) is 55.3 Å². The van der Waals surface area contributed by atoms with Crippen molar-refractivity contribution in [2.45, 2.75) is 19.9 Å². The summed E-state index contributed by atoms with van der Waals surface area (Å²) in [7, 11) is 3.00. The molecule has 174 valence electrons. The van der Waals surface area contributed by atoms with Crippen molar-refractivity contribution in [1.29, 1.82) is 0 Å². The Kier molecular flexibility index (Phi) is 6.35. The SMILES string of the molecule is COc1ccc(/C(O)=C2\C(=O)C(=O)N(c3cc(C)ccc3C)C2c2ccccc2OC)cc1Cl. The van der Waals surface area contributed by atoms with E-state index in [-0.39, 0.29) is 16.4 Å². The molecule has 34 heavy (non-hydrogen) atoms. The van der Waals surface area contributed by atoms with Crippen molar-refractivity contribution >= 4 is 34.7 Å². The molecule has 6 nitrogen and oxygen atoms in total. The average molecular weight is 478 g/mol. The van der Waals surface area contributed by atoms with Crippen molar-refractivity contribution in [2.24, 2.45) is 0 Å². The molecule has 4 rings (SSSR count). The molecule has 0 aliphatic carbocycles. The maximum atomic E-state index is 13.4. The molecule has 0 radical (unpaired) electrons. The number of carbonyl (C=O) groups excluding carboxylic acids is 2. The highest BCUT2D eigenvalue weighted by molar-refractivity contribution is 6.52. The van der Waals surface area contributed by atoms with Gasteiger partial charge in [-0.1, -0.05) is 41.9 Å². The lowest BCUT2D eigenvalue weighted by Gasteiger charge is -2.28. The Morgan fingerprint density at radius 2 is 1.65 bits per heavy atom. The third-order valence-electron chi connectivity index (χ3n) is 5.93. The molecule has 1 amide bonds. The monoisotopic (exact) mass is 477 g/mol. The fraction of sp³-hybridized carbons (Fsp3) is 0.185. The quantitative estimate of drug-likeness (QED) is 0.294. The molecule has 0 bridgehead atoms. The number of benzene rings is 3. The van der Waals surface area contributed by atoms with Gasteiger partial charge in [-0.25, -0.2) is 0 Å². The Balaban J connectivity index is 2.01. The van der Waals surface area contributed by atoms with Crippen molar-refractivity contribution in [3.8, 4) is 11.5 Å². The van der Waals surface area contributed by atoms with E-state index < -0.39 is 17.7 Å². The number of ether oxygens (including phenoxy) is 2. The summed E-state index contributed by atoms with van der Waals surface area (Å²) in [6, 6.07) is 16.6. The van der Waals surface area contributed by atoms with E-state index >= 15 is 0 Å². The van der Waals surface area contributed by atoms with Gasteiger partial charge >= 0.3 is 0 Å². The largest absolute Gasteiger partial charge is 0.507 e. The first kappa shape index (κ1) is 23.4. The topological polar surface area (TPSA) is 76.1 Å². The van der Waals surface area contributed by atoms with Gasteiger partial charge in [-0.15, -0.1) is 0 Å². The number of amides is 1. The molecule has 3 aromatic rings. The van der Waals surface area contributed by atoms with Crippen molar-refractivity contribution in [3.05, 3.63) is 93.5 Å². The zero-order valence-electron chi connectivity index (χ0n) is 19.3. The molecule has 1 unspecified atom stereocenters. The second-order valence-electron chi connectivity index (χ2n) is 8.05. The third-order valence-corrected chi connectivity index (χ3v) is 6.22. The number of Topliss-reactive ketones (excluding diaryl/α,β-unsaturated/α-hetero) is 1. The molecule has 1 atom stereocenters. The van der Waals surface area contributed by atoms with E-state index in [1.54, 1.807) is 36.4 Å². The zero-order valence-corrected chi connectivity index (χ0v) is 20.0. The van der Waals surface area contributed by atoms with Crippen LogP contribution in [-0.2, 0) is 9.59 Å². The Labute approximate surface area is 203 Å². The zero-order chi connectivity index (χ0) is 24.6. The maximum Gasteiger partial charge on any atom is 0.300 e. The molecular weight excluding hydrogens is 454 g/mol. The minimum Gasteiger partial charge on any atom is -0.507 e. The molecule has 1 fully saturated rings. The molecule has 0 spiro atoms. The summed E-state index contributed by atoms with van der Waals surface area (Å²) in [5.74, 6) is -0.933. The molecule has 1 heterocycles. The Morgan fingerprint density at radius 3 is 2.32 bits per heavy atom. The lowest BCUT2D eigenvalue weighted by molar-refractivity contribution is -0.132. The minimum absolute atomic E-state index is 0.0448. The van der Waals surface area contributed by atoms with Gasteiger partial charge in [0.05, 0.1) is 30.9 Å². The van der Waals surface area contributed by atoms with E-state index in [2.05, 4.69) is 0 Å². The van der Waals surface area contributed by atoms with Crippen LogP contribution < -0.4 is 14.4 Å². The van der Waals surface area contributed by atoms with E-state index in [1.807, 2.05) is 32.0 Å². The van der Waals surface area contributed by atoms with Gasteiger partial charge in [-0.2, -0.15) is 0 Å². The molecule has 0 aromatic heterocycles. The summed E-state index contributed by atoms with van der Waals surface area (Å²) in [6.07, 6.45) is 0. The Bertz CT molecular complexity index is 1330. The minimum atomic E-state index is -0.905. The highest BCUT2D eigenvalue weighted by Crippen LogP contribution is 2.46. The van der Waals surface area contributed by atoms with Crippen LogP contribution in [0.4, 0.5) is 5.69 Å². The van der Waals surface area contributed by atoms with Crippen LogP contribution >= 0.6 is 11.6 Å². The molecule has 1 aliphatic rings. The molecule has 1 N–H and O–H groups in total. The maximum absolute atomic E-state index is 13.4. The fourth-order valence-electron chi connectivity index (χ4n) is 4.22. The fourth-order valence-corrected chi connectivity index (χ4v) is 4.47. The van der Waals surface area contributed by atoms with Gasteiger partial charge < -0.3 is 14.6 Å². The van der Waals surface area contributed by atoms with Crippen molar-refractivity contribution in [2.75, 3.05) is 19.1 Å². The summed E-state index contributed by atoms with van der Waals surface area (Å²) in [6.45, 7) is 3.79. The number of anilines is 1. The van der Waals surface area contributed by atoms with E-state index in [9.17, 15) is 14.7 Å². The van der Waals surface area contributed by atoms with E-state index in [0.717, 1.165) is 11.1 Å². The number of hydrogen-bond donors (Lipinski definition) is 1. The van der Waals surface area contributed by atoms with E-state index in [1.165, 1.54) is 25.2 Å². The van der Waals surface area contributed by atoms with Crippen LogP contribution in [0, 0.1) is 13.8 Å². The number of aliphatic hydroxyl groups excluding tert-OH is 1. The second-order valence-corrected chi connectivity index (χ2v) is 8.46. The molecule has 7 heteroatoms.